The monoisotopic (exact) mass is 191 g/mol. The van der Waals surface area contributed by atoms with Crippen LogP contribution in [-0.2, 0) is 6.42 Å². The van der Waals surface area contributed by atoms with Crippen molar-refractivity contribution in [3.63, 3.8) is 0 Å². The van der Waals surface area contributed by atoms with Gasteiger partial charge in [-0.25, -0.2) is 4.98 Å². The average molecular weight is 191 g/mol. The molecule has 2 rings (SSSR count). The molecule has 0 aliphatic carbocycles. The van der Waals surface area contributed by atoms with E-state index in [4.69, 9.17) is 0 Å². The molecule has 0 aliphatic rings. The molecule has 0 spiro atoms. The van der Waals surface area contributed by atoms with Crippen molar-refractivity contribution in [3.05, 3.63) is 24.0 Å². The van der Waals surface area contributed by atoms with Gasteiger partial charge in [-0.05, 0) is 18.6 Å². The van der Waals surface area contributed by atoms with E-state index in [1.54, 1.807) is 6.20 Å². The van der Waals surface area contributed by atoms with Gasteiger partial charge in [-0.1, -0.05) is 27.2 Å². The first-order valence-electron chi connectivity index (χ1n) is 5.20. The number of H-pyrrole nitrogens is 1. The van der Waals surface area contributed by atoms with Gasteiger partial charge < -0.3 is 0 Å². The second kappa shape index (κ2) is 5.37. The van der Waals surface area contributed by atoms with Crippen molar-refractivity contribution in [2.45, 2.75) is 33.6 Å². The van der Waals surface area contributed by atoms with E-state index in [9.17, 15) is 0 Å². The minimum atomic E-state index is 0.820. The highest BCUT2D eigenvalue weighted by molar-refractivity contribution is 5.77. The molecule has 3 heteroatoms. The number of aromatic nitrogens is 3. The van der Waals surface area contributed by atoms with Gasteiger partial charge in [0.15, 0.2) is 5.65 Å². The largest absolute Gasteiger partial charge is 0.280 e. The van der Waals surface area contributed by atoms with Crippen LogP contribution < -0.4 is 0 Å². The molecule has 0 saturated carbocycles. The number of hydrogen-bond donors (Lipinski definition) is 1. The average Bonchev–Trinajstić information content (AvgIpc) is 2.66. The van der Waals surface area contributed by atoms with Crippen LogP contribution >= 0.6 is 0 Å². The number of nitrogens with zero attached hydrogens (tertiary/aromatic N) is 2. The van der Waals surface area contributed by atoms with Gasteiger partial charge in [0.05, 0.1) is 0 Å². The van der Waals surface area contributed by atoms with E-state index in [1.165, 1.54) is 5.69 Å². The number of nitrogens with one attached hydrogen (secondary N) is 1. The highest BCUT2D eigenvalue weighted by atomic mass is 15.1. The van der Waals surface area contributed by atoms with Gasteiger partial charge in [0.25, 0.3) is 0 Å². The summed E-state index contributed by atoms with van der Waals surface area (Å²) in [4.78, 5) is 4.14. The van der Waals surface area contributed by atoms with Gasteiger partial charge in [-0.3, -0.25) is 5.10 Å². The lowest BCUT2D eigenvalue weighted by molar-refractivity contribution is 0.873. The summed E-state index contributed by atoms with van der Waals surface area (Å²) in [6.45, 7) is 6.16. The van der Waals surface area contributed by atoms with Crippen LogP contribution in [0.5, 0.6) is 0 Å². The summed E-state index contributed by atoms with van der Waals surface area (Å²) in [6, 6.07) is 3.99. The van der Waals surface area contributed by atoms with Crippen LogP contribution in [-0.4, -0.2) is 15.2 Å². The van der Waals surface area contributed by atoms with E-state index in [1.807, 2.05) is 19.9 Å². The van der Waals surface area contributed by atoms with Crippen molar-refractivity contribution in [2.24, 2.45) is 0 Å². The maximum atomic E-state index is 4.14. The summed E-state index contributed by atoms with van der Waals surface area (Å²) < 4.78 is 0. The lowest BCUT2D eigenvalue weighted by Crippen LogP contribution is -1.82. The van der Waals surface area contributed by atoms with Gasteiger partial charge in [-0.15, -0.1) is 0 Å². The molecular formula is C11H17N3. The maximum Gasteiger partial charge on any atom is 0.181 e. The standard InChI is InChI=1S/C9H11N3.C2H6/c1-2-4-8-7-5-3-6-10-9(7)12-11-8;1-2/h3,5-6H,2,4H2,1H3,(H,10,11,12);1-2H3. The zero-order valence-corrected chi connectivity index (χ0v) is 9.04. The van der Waals surface area contributed by atoms with E-state index in [2.05, 4.69) is 28.2 Å². The second-order valence-electron chi connectivity index (χ2n) is 2.83. The molecule has 0 saturated heterocycles. The Kier molecular flexibility index (Phi) is 4.11. The molecule has 0 radical (unpaired) electrons. The van der Waals surface area contributed by atoms with Gasteiger partial charge >= 0.3 is 0 Å². The van der Waals surface area contributed by atoms with Crippen LogP contribution in [0.25, 0.3) is 11.0 Å². The normalized spacial score (nSPS) is 9.64. The minimum Gasteiger partial charge on any atom is -0.280 e. The summed E-state index contributed by atoms with van der Waals surface area (Å²) in [6.07, 6.45) is 3.94. The molecule has 1 N–H and O–H groups in total. The Labute approximate surface area is 84.6 Å². The molecule has 0 atom stereocenters. The van der Waals surface area contributed by atoms with Crippen molar-refractivity contribution >= 4 is 11.0 Å². The molecule has 0 bridgehead atoms. The fourth-order valence-corrected chi connectivity index (χ4v) is 1.34. The summed E-state index contributed by atoms with van der Waals surface area (Å²) in [5, 5.41) is 8.26. The van der Waals surface area contributed by atoms with Crippen LogP contribution in [0.2, 0.25) is 0 Å². The van der Waals surface area contributed by atoms with Crippen molar-refractivity contribution in [3.8, 4) is 0 Å². The summed E-state index contributed by atoms with van der Waals surface area (Å²) in [5.41, 5.74) is 2.02. The zero-order chi connectivity index (χ0) is 10.4. The van der Waals surface area contributed by atoms with E-state index in [0.717, 1.165) is 23.9 Å². The van der Waals surface area contributed by atoms with Gasteiger partial charge in [0, 0.05) is 17.3 Å². The molecule has 0 amide bonds. The first kappa shape index (κ1) is 10.7. The Hall–Kier alpha value is -1.38. The Morgan fingerprint density at radius 3 is 2.86 bits per heavy atom. The third kappa shape index (κ3) is 2.10. The molecule has 3 nitrogen and oxygen atoms in total. The predicted octanol–water partition coefficient (Wildman–Crippen LogP) is 2.94. The highest BCUT2D eigenvalue weighted by Crippen LogP contribution is 2.13. The third-order valence-corrected chi connectivity index (χ3v) is 1.91. The third-order valence-electron chi connectivity index (χ3n) is 1.91. The van der Waals surface area contributed by atoms with E-state index in [-0.39, 0.29) is 0 Å². The Morgan fingerprint density at radius 2 is 2.14 bits per heavy atom. The van der Waals surface area contributed by atoms with Crippen molar-refractivity contribution in [1.29, 1.82) is 0 Å². The molecular weight excluding hydrogens is 174 g/mol. The van der Waals surface area contributed by atoms with E-state index < -0.39 is 0 Å². The molecule has 0 aliphatic heterocycles. The number of aryl methyl sites for hydroxylation is 1. The van der Waals surface area contributed by atoms with Crippen LogP contribution in [0.3, 0.4) is 0 Å². The van der Waals surface area contributed by atoms with E-state index in [0.29, 0.717) is 0 Å². The Balaban J connectivity index is 0.000000461. The maximum absolute atomic E-state index is 4.14. The fraction of sp³-hybridized carbons (Fsp3) is 0.455. The van der Waals surface area contributed by atoms with Gasteiger partial charge in [0.2, 0.25) is 0 Å². The smallest absolute Gasteiger partial charge is 0.181 e. The topological polar surface area (TPSA) is 41.6 Å². The number of rotatable bonds is 2. The summed E-state index contributed by atoms with van der Waals surface area (Å²) >= 11 is 0. The number of pyridine rings is 1. The first-order chi connectivity index (χ1) is 6.92. The van der Waals surface area contributed by atoms with Crippen molar-refractivity contribution < 1.29 is 0 Å². The summed E-state index contributed by atoms with van der Waals surface area (Å²) in [7, 11) is 0. The minimum absolute atomic E-state index is 0.820. The van der Waals surface area contributed by atoms with Crippen molar-refractivity contribution in [2.75, 3.05) is 0 Å². The molecule has 2 aromatic heterocycles. The number of hydrogen-bond acceptors (Lipinski definition) is 2. The lowest BCUT2D eigenvalue weighted by Gasteiger charge is -1.91. The molecule has 0 unspecified atom stereocenters. The van der Waals surface area contributed by atoms with Crippen LogP contribution in [0.15, 0.2) is 18.3 Å². The predicted molar refractivity (Wildman–Crippen MR) is 59.2 cm³/mol. The van der Waals surface area contributed by atoms with Crippen LogP contribution in [0.4, 0.5) is 0 Å². The number of fused-ring (bicyclic) bond motifs is 1. The molecule has 2 aromatic rings. The SMILES string of the molecule is CC.CCCc1[nH]nc2ncccc12. The van der Waals surface area contributed by atoms with Gasteiger partial charge in [0.1, 0.15) is 0 Å². The second-order valence-corrected chi connectivity index (χ2v) is 2.83. The quantitative estimate of drug-likeness (QED) is 0.793. The molecule has 0 fully saturated rings. The van der Waals surface area contributed by atoms with E-state index >= 15 is 0 Å². The lowest BCUT2D eigenvalue weighted by atomic mass is 10.2. The van der Waals surface area contributed by atoms with Crippen LogP contribution in [0.1, 0.15) is 32.9 Å². The molecule has 14 heavy (non-hydrogen) atoms. The molecule has 2 heterocycles. The van der Waals surface area contributed by atoms with Crippen molar-refractivity contribution in [1.82, 2.24) is 15.2 Å². The zero-order valence-electron chi connectivity index (χ0n) is 9.04. The van der Waals surface area contributed by atoms with Crippen LogP contribution in [0, 0.1) is 0 Å². The highest BCUT2D eigenvalue weighted by Gasteiger charge is 2.02. The summed E-state index contributed by atoms with van der Waals surface area (Å²) in [5.74, 6) is 0. The Morgan fingerprint density at radius 1 is 1.36 bits per heavy atom. The molecule has 76 valence electrons. The van der Waals surface area contributed by atoms with Gasteiger partial charge in [-0.2, -0.15) is 5.10 Å². The first-order valence-corrected chi connectivity index (χ1v) is 5.20. The molecule has 0 aromatic carbocycles. The fourth-order valence-electron chi connectivity index (χ4n) is 1.34. The number of aromatic amines is 1. The Bertz CT molecular complexity index is 379.